The fourth-order valence-electron chi connectivity index (χ4n) is 3.29. The molecule has 0 bridgehead atoms. The molecule has 0 aromatic heterocycles. The van der Waals surface area contributed by atoms with Crippen LogP contribution in [0, 0.1) is 17.8 Å². The number of carbonyl (C=O) groups is 1. The minimum Gasteiger partial charge on any atom is -0.396 e. The van der Waals surface area contributed by atoms with Crippen molar-refractivity contribution in [1.29, 1.82) is 0 Å². The van der Waals surface area contributed by atoms with Crippen LogP contribution in [0.4, 0.5) is 4.79 Å². The Labute approximate surface area is 151 Å². The smallest absolute Gasteiger partial charge is 0.315 e. The van der Waals surface area contributed by atoms with Crippen LogP contribution in [0.1, 0.15) is 50.8 Å². The van der Waals surface area contributed by atoms with E-state index in [-0.39, 0.29) is 29.5 Å². The van der Waals surface area contributed by atoms with E-state index in [9.17, 15) is 9.90 Å². The van der Waals surface area contributed by atoms with Gasteiger partial charge in [-0.25, -0.2) is 4.79 Å². The highest BCUT2D eigenvalue weighted by molar-refractivity contribution is 5.74. The molecular formula is C20H32N2O3. The molecule has 5 nitrogen and oxygen atoms in total. The normalized spacial score (nSPS) is 18.4. The van der Waals surface area contributed by atoms with Gasteiger partial charge in [-0.1, -0.05) is 50.6 Å². The molecule has 1 aliphatic heterocycles. The summed E-state index contributed by atoms with van der Waals surface area (Å²) in [6.45, 7) is 10.2. The summed E-state index contributed by atoms with van der Waals surface area (Å²) in [5.74, 6) is 0. The predicted molar refractivity (Wildman–Crippen MR) is 99.5 cm³/mol. The molecular weight excluding hydrogens is 316 g/mol. The molecule has 5 heteroatoms. The van der Waals surface area contributed by atoms with Crippen molar-refractivity contribution < 1.29 is 14.6 Å². The first-order chi connectivity index (χ1) is 11.8. The first kappa shape index (κ1) is 19.7. The van der Waals surface area contributed by atoms with Gasteiger partial charge >= 0.3 is 6.03 Å². The first-order valence-corrected chi connectivity index (χ1v) is 9.05. The number of urea groups is 1. The molecule has 2 rings (SSSR count). The zero-order valence-corrected chi connectivity index (χ0v) is 15.9. The van der Waals surface area contributed by atoms with Gasteiger partial charge in [0.2, 0.25) is 0 Å². The highest BCUT2D eigenvalue weighted by Gasteiger charge is 2.33. The predicted octanol–water partition coefficient (Wildman–Crippen LogP) is 3.17. The summed E-state index contributed by atoms with van der Waals surface area (Å²) in [6, 6.07) is 7.96. The lowest BCUT2D eigenvalue weighted by atomic mass is 9.81. The lowest BCUT2D eigenvalue weighted by Gasteiger charge is -2.36. The Bertz CT molecular complexity index is 575. The number of rotatable bonds is 5. The van der Waals surface area contributed by atoms with E-state index in [0.29, 0.717) is 19.8 Å². The Hall–Kier alpha value is -1.59. The zero-order chi connectivity index (χ0) is 18.5. The maximum Gasteiger partial charge on any atom is 0.315 e. The second kappa shape index (κ2) is 8.19. The van der Waals surface area contributed by atoms with Gasteiger partial charge in [0.1, 0.15) is 0 Å². The first-order valence-electron chi connectivity index (χ1n) is 9.05. The van der Waals surface area contributed by atoms with Crippen molar-refractivity contribution in [1.82, 2.24) is 10.6 Å². The SMILES string of the molecule is Cc1cccc(C(NC(=O)NCC2(CO)CCOCC2)C(C)(C)C)c1. The third-order valence-electron chi connectivity index (χ3n) is 5.03. The van der Waals surface area contributed by atoms with E-state index in [1.54, 1.807) is 0 Å². The highest BCUT2D eigenvalue weighted by atomic mass is 16.5. The molecule has 3 N–H and O–H groups in total. The van der Waals surface area contributed by atoms with Crippen molar-refractivity contribution in [3.63, 3.8) is 0 Å². The largest absolute Gasteiger partial charge is 0.396 e. The average Bonchev–Trinajstić information content (AvgIpc) is 2.57. The standard InChI is InChI=1S/C20H32N2O3/c1-15-6-5-7-16(12-15)17(19(2,3)4)22-18(24)21-13-20(14-23)8-10-25-11-9-20/h5-7,12,17,23H,8-11,13-14H2,1-4H3,(H2,21,22,24). The molecule has 140 valence electrons. The molecule has 0 aliphatic carbocycles. The number of ether oxygens (including phenoxy) is 1. The van der Waals surface area contributed by atoms with Crippen LogP contribution in [-0.4, -0.2) is 37.5 Å². The Balaban J connectivity index is 2.02. The van der Waals surface area contributed by atoms with Crippen molar-refractivity contribution in [2.45, 2.75) is 46.6 Å². The Morgan fingerprint density at radius 2 is 2.00 bits per heavy atom. The molecule has 1 saturated heterocycles. The monoisotopic (exact) mass is 348 g/mol. The van der Waals surface area contributed by atoms with Crippen LogP contribution in [-0.2, 0) is 4.74 Å². The van der Waals surface area contributed by atoms with E-state index in [1.165, 1.54) is 5.56 Å². The summed E-state index contributed by atoms with van der Waals surface area (Å²) in [7, 11) is 0. The summed E-state index contributed by atoms with van der Waals surface area (Å²) in [5, 5.41) is 15.8. The minimum atomic E-state index is -0.268. The maximum absolute atomic E-state index is 12.5. The maximum atomic E-state index is 12.5. The second-order valence-electron chi connectivity index (χ2n) is 8.31. The molecule has 1 atom stereocenters. The Morgan fingerprint density at radius 1 is 1.32 bits per heavy atom. The lowest BCUT2D eigenvalue weighted by Crippen LogP contribution is -2.48. The van der Waals surface area contributed by atoms with Gasteiger partial charge in [0.15, 0.2) is 0 Å². The average molecular weight is 348 g/mol. The number of aliphatic hydroxyl groups is 1. The van der Waals surface area contributed by atoms with Crippen LogP contribution in [0.3, 0.4) is 0 Å². The number of benzene rings is 1. The second-order valence-corrected chi connectivity index (χ2v) is 8.31. The van der Waals surface area contributed by atoms with Crippen LogP contribution in [0.2, 0.25) is 0 Å². The van der Waals surface area contributed by atoms with E-state index in [0.717, 1.165) is 18.4 Å². The van der Waals surface area contributed by atoms with E-state index in [4.69, 9.17) is 4.74 Å². The Morgan fingerprint density at radius 3 is 2.56 bits per heavy atom. The number of aliphatic hydroxyl groups excluding tert-OH is 1. The van der Waals surface area contributed by atoms with E-state index in [1.807, 2.05) is 6.07 Å². The summed E-state index contributed by atoms with van der Waals surface area (Å²) < 4.78 is 5.37. The van der Waals surface area contributed by atoms with Crippen molar-refractivity contribution in [2.24, 2.45) is 10.8 Å². The molecule has 1 unspecified atom stereocenters. The summed E-state index contributed by atoms with van der Waals surface area (Å²) in [5.41, 5.74) is 1.90. The molecule has 1 heterocycles. The number of carbonyl (C=O) groups excluding carboxylic acids is 1. The zero-order valence-electron chi connectivity index (χ0n) is 15.9. The Kier molecular flexibility index (Phi) is 6.47. The van der Waals surface area contributed by atoms with Gasteiger partial charge in [-0.3, -0.25) is 0 Å². The van der Waals surface area contributed by atoms with Gasteiger partial charge in [0, 0.05) is 25.2 Å². The summed E-state index contributed by atoms with van der Waals surface area (Å²) >= 11 is 0. The van der Waals surface area contributed by atoms with E-state index >= 15 is 0 Å². The fourth-order valence-corrected chi connectivity index (χ4v) is 3.29. The van der Waals surface area contributed by atoms with Gasteiger partial charge in [0.25, 0.3) is 0 Å². The van der Waals surface area contributed by atoms with Gasteiger partial charge < -0.3 is 20.5 Å². The molecule has 0 saturated carbocycles. The van der Waals surface area contributed by atoms with Crippen molar-refractivity contribution >= 4 is 6.03 Å². The molecule has 0 radical (unpaired) electrons. The molecule has 1 aliphatic rings. The minimum absolute atomic E-state index is 0.0667. The van der Waals surface area contributed by atoms with Crippen LogP contribution in [0.15, 0.2) is 24.3 Å². The van der Waals surface area contributed by atoms with Crippen LogP contribution < -0.4 is 10.6 Å². The fraction of sp³-hybridized carbons (Fsp3) is 0.650. The third-order valence-corrected chi connectivity index (χ3v) is 5.03. The van der Waals surface area contributed by atoms with Gasteiger partial charge in [0.05, 0.1) is 12.6 Å². The molecule has 1 fully saturated rings. The quantitative estimate of drug-likeness (QED) is 0.765. The summed E-state index contributed by atoms with van der Waals surface area (Å²) in [6.07, 6.45) is 1.54. The lowest BCUT2D eigenvalue weighted by molar-refractivity contribution is -0.0139. The molecule has 25 heavy (non-hydrogen) atoms. The highest BCUT2D eigenvalue weighted by Crippen LogP contribution is 2.33. The number of hydrogen-bond acceptors (Lipinski definition) is 3. The van der Waals surface area contributed by atoms with Crippen molar-refractivity contribution in [3.8, 4) is 0 Å². The van der Waals surface area contributed by atoms with Crippen molar-refractivity contribution in [2.75, 3.05) is 26.4 Å². The van der Waals surface area contributed by atoms with E-state index in [2.05, 4.69) is 56.5 Å². The number of amides is 2. The third kappa shape index (κ3) is 5.44. The van der Waals surface area contributed by atoms with E-state index < -0.39 is 0 Å². The molecule has 0 spiro atoms. The van der Waals surface area contributed by atoms with Gasteiger partial charge in [-0.15, -0.1) is 0 Å². The molecule has 2 amide bonds. The van der Waals surface area contributed by atoms with Crippen molar-refractivity contribution in [3.05, 3.63) is 35.4 Å². The topological polar surface area (TPSA) is 70.6 Å². The summed E-state index contributed by atoms with van der Waals surface area (Å²) in [4.78, 5) is 12.5. The van der Waals surface area contributed by atoms with Gasteiger partial charge in [-0.05, 0) is 30.7 Å². The number of nitrogens with one attached hydrogen (secondary N) is 2. The number of hydrogen-bond donors (Lipinski definition) is 3. The van der Waals surface area contributed by atoms with Crippen LogP contribution in [0.5, 0.6) is 0 Å². The van der Waals surface area contributed by atoms with Gasteiger partial charge in [-0.2, -0.15) is 0 Å². The number of aryl methyl sites for hydroxylation is 1. The van der Waals surface area contributed by atoms with Crippen LogP contribution >= 0.6 is 0 Å². The molecule has 1 aromatic rings. The van der Waals surface area contributed by atoms with Crippen LogP contribution in [0.25, 0.3) is 0 Å². The molecule has 1 aromatic carbocycles.